The third kappa shape index (κ3) is 5.59. The molecule has 4 aromatic rings. The number of aliphatic hydroxyl groups is 1. The highest BCUT2D eigenvalue weighted by Gasteiger charge is 2.46. The van der Waals surface area contributed by atoms with Crippen LogP contribution in [0.15, 0.2) is 103 Å². The van der Waals surface area contributed by atoms with E-state index in [-0.39, 0.29) is 17.9 Å². The number of amides is 1. The van der Waals surface area contributed by atoms with Gasteiger partial charge >= 0.3 is 0 Å². The van der Waals surface area contributed by atoms with Gasteiger partial charge < -0.3 is 19.5 Å². The number of hydrogen-bond acceptors (Lipinski definition) is 6. The number of aliphatic hydroxyl groups excluding tert-OH is 1. The van der Waals surface area contributed by atoms with Gasteiger partial charge in [0, 0.05) is 24.5 Å². The third-order valence-electron chi connectivity index (χ3n) is 6.91. The first-order valence-electron chi connectivity index (χ1n) is 13.1. The van der Waals surface area contributed by atoms with Crippen molar-refractivity contribution in [2.24, 2.45) is 0 Å². The molecule has 2 heterocycles. The van der Waals surface area contributed by atoms with E-state index in [0.717, 1.165) is 16.7 Å². The standard InChI is InChI=1S/C33H30N2O5/c1-3-39-27-14-10-24(11-15-27)30-29(32(37)33(38)35(30)20-23-8-6-18-34-19-23)31(36)25-12-16-28(17-13-25)40-21-26-9-5-4-7-22(26)2/h4-19,30,36H,3,20-21H2,1-2H3/b31-29+. The first kappa shape index (κ1) is 26.7. The topological polar surface area (TPSA) is 89.0 Å². The van der Waals surface area contributed by atoms with E-state index >= 15 is 0 Å². The number of hydrogen-bond donors (Lipinski definition) is 1. The van der Waals surface area contributed by atoms with Crippen LogP contribution in [-0.2, 0) is 22.7 Å². The van der Waals surface area contributed by atoms with Gasteiger partial charge in [-0.1, -0.05) is 42.5 Å². The van der Waals surface area contributed by atoms with Crippen molar-refractivity contribution in [1.82, 2.24) is 9.88 Å². The summed E-state index contributed by atoms with van der Waals surface area (Å²) in [6.45, 7) is 5.03. The van der Waals surface area contributed by atoms with Gasteiger partial charge in [-0.25, -0.2) is 0 Å². The van der Waals surface area contributed by atoms with Crippen LogP contribution in [0.2, 0.25) is 0 Å². The fraction of sp³-hybridized carbons (Fsp3) is 0.182. The lowest BCUT2D eigenvalue weighted by Crippen LogP contribution is -2.29. The molecule has 1 fully saturated rings. The summed E-state index contributed by atoms with van der Waals surface area (Å²) in [5.74, 6) is -0.351. The molecule has 1 N–H and O–H groups in total. The Hall–Kier alpha value is -4.91. The number of rotatable bonds is 9. The molecule has 7 heteroatoms. The van der Waals surface area contributed by atoms with Crippen molar-refractivity contribution in [3.05, 3.63) is 131 Å². The van der Waals surface area contributed by atoms with E-state index in [4.69, 9.17) is 9.47 Å². The van der Waals surface area contributed by atoms with Crippen molar-refractivity contribution in [3.63, 3.8) is 0 Å². The first-order valence-corrected chi connectivity index (χ1v) is 13.1. The molecule has 1 unspecified atom stereocenters. The van der Waals surface area contributed by atoms with Gasteiger partial charge in [-0.3, -0.25) is 14.6 Å². The number of ether oxygens (including phenoxy) is 2. The number of carbonyl (C=O) groups excluding carboxylic acids is 2. The summed E-state index contributed by atoms with van der Waals surface area (Å²) in [6, 6.07) is 24.9. The van der Waals surface area contributed by atoms with Gasteiger partial charge in [0.25, 0.3) is 11.7 Å². The summed E-state index contributed by atoms with van der Waals surface area (Å²) in [4.78, 5) is 32.2. The second-order valence-corrected chi connectivity index (χ2v) is 9.53. The zero-order chi connectivity index (χ0) is 28.1. The predicted molar refractivity (Wildman–Crippen MR) is 152 cm³/mol. The van der Waals surface area contributed by atoms with E-state index in [1.54, 1.807) is 54.9 Å². The predicted octanol–water partition coefficient (Wildman–Crippen LogP) is 5.99. The number of benzene rings is 3. The molecule has 1 aliphatic heterocycles. The van der Waals surface area contributed by atoms with Crippen LogP contribution in [0, 0.1) is 6.92 Å². The van der Waals surface area contributed by atoms with Crippen LogP contribution in [0.1, 0.15) is 40.8 Å². The average Bonchev–Trinajstić information content (AvgIpc) is 3.23. The molecular weight excluding hydrogens is 504 g/mol. The maximum atomic E-state index is 13.4. The minimum Gasteiger partial charge on any atom is -0.507 e. The molecule has 40 heavy (non-hydrogen) atoms. The molecule has 1 atom stereocenters. The largest absolute Gasteiger partial charge is 0.507 e. The second-order valence-electron chi connectivity index (χ2n) is 9.53. The third-order valence-corrected chi connectivity index (χ3v) is 6.91. The Morgan fingerprint density at radius 2 is 1.60 bits per heavy atom. The highest BCUT2D eigenvalue weighted by atomic mass is 16.5. The molecule has 0 radical (unpaired) electrons. The lowest BCUT2D eigenvalue weighted by atomic mass is 9.95. The van der Waals surface area contributed by atoms with Crippen molar-refractivity contribution < 1.29 is 24.2 Å². The molecular formula is C33H30N2O5. The van der Waals surface area contributed by atoms with Crippen LogP contribution >= 0.6 is 0 Å². The van der Waals surface area contributed by atoms with Crippen LogP contribution in [0.3, 0.4) is 0 Å². The first-order chi connectivity index (χ1) is 19.5. The molecule has 0 aliphatic carbocycles. The van der Waals surface area contributed by atoms with Gasteiger partial charge in [0.15, 0.2) is 0 Å². The molecule has 0 saturated carbocycles. The highest BCUT2D eigenvalue weighted by Crippen LogP contribution is 2.40. The molecule has 7 nitrogen and oxygen atoms in total. The average molecular weight is 535 g/mol. The van der Waals surface area contributed by atoms with Crippen LogP contribution in [-0.4, -0.2) is 33.3 Å². The molecule has 1 aromatic heterocycles. The number of ketones is 1. The number of pyridine rings is 1. The van der Waals surface area contributed by atoms with E-state index in [9.17, 15) is 14.7 Å². The Morgan fingerprint density at radius 1 is 0.900 bits per heavy atom. The molecule has 1 aliphatic rings. The van der Waals surface area contributed by atoms with E-state index in [1.807, 2.05) is 56.3 Å². The molecule has 0 bridgehead atoms. The minimum absolute atomic E-state index is 0.0339. The maximum absolute atomic E-state index is 13.4. The fourth-order valence-electron chi connectivity index (χ4n) is 4.79. The number of nitrogens with zero attached hydrogens (tertiary/aromatic N) is 2. The Labute approximate surface area is 233 Å². The second kappa shape index (κ2) is 11.9. The van der Waals surface area contributed by atoms with E-state index in [0.29, 0.717) is 35.8 Å². The number of Topliss-reactive ketones (excluding diaryl/α,β-unsaturated/α-hetero) is 1. The fourth-order valence-corrected chi connectivity index (χ4v) is 4.79. The quantitative estimate of drug-likeness (QED) is 0.161. The van der Waals surface area contributed by atoms with Crippen LogP contribution in [0.4, 0.5) is 0 Å². The summed E-state index contributed by atoms with van der Waals surface area (Å²) >= 11 is 0. The minimum atomic E-state index is -0.784. The van der Waals surface area contributed by atoms with Crippen molar-refractivity contribution in [2.45, 2.75) is 33.0 Å². The van der Waals surface area contributed by atoms with Gasteiger partial charge in [0.05, 0.1) is 18.2 Å². The molecule has 202 valence electrons. The van der Waals surface area contributed by atoms with Crippen molar-refractivity contribution in [2.75, 3.05) is 6.61 Å². The zero-order valence-electron chi connectivity index (χ0n) is 22.4. The SMILES string of the molecule is CCOc1ccc(C2/C(=C(\O)c3ccc(OCc4ccccc4C)cc3)C(=O)C(=O)N2Cc2cccnc2)cc1. The van der Waals surface area contributed by atoms with Gasteiger partial charge in [-0.05, 0) is 78.6 Å². The zero-order valence-corrected chi connectivity index (χ0v) is 22.4. The highest BCUT2D eigenvalue weighted by molar-refractivity contribution is 6.46. The lowest BCUT2D eigenvalue weighted by molar-refractivity contribution is -0.140. The molecule has 1 amide bonds. The summed E-state index contributed by atoms with van der Waals surface area (Å²) in [7, 11) is 0. The Kier molecular flexibility index (Phi) is 7.92. The van der Waals surface area contributed by atoms with Gasteiger partial charge in [0.1, 0.15) is 23.9 Å². The summed E-state index contributed by atoms with van der Waals surface area (Å²) in [5.41, 5.74) is 4.13. The number of likely N-dealkylation sites (tertiary alicyclic amines) is 1. The van der Waals surface area contributed by atoms with Crippen molar-refractivity contribution in [3.8, 4) is 11.5 Å². The van der Waals surface area contributed by atoms with Gasteiger partial charge in [0.2, 0.25) is 0 Å². The van der Waals surface area contributed by atoms with Crippen molar-refractivity contribution >= 4 is 17.4 Å². The van der Waals surface area contributed by atoms with Crippen LogP contribution in [0.5, 0.6) is 11.5 Å². The maximum Gasteiger partial charge on any atom is 0.295 e. The van der Waals surface area contributed by atoms with E-state index < -0.39 is 17.7 Å². The number of carbonyl (C=O) groups is 2. The molecule has 3 aromatic carbocycles. The number of aryl methyl sites for hydroxylation is 1. The molecule has 0 spiro atoms. The van der Waals surface area contributed by atoms with E-state index in [1.165, 1.54) is 4.90 Å². The lowest BCUT2D eigenvalue weighted by Gasteiger charge is -2.25. The van der Waals surface area contributed by atoms with Crippen molar-refractivity contribution in [1.29, 1.82) is 0 Å². The Bertz CT molecular complexity index is 1530. The summed E-state index contributed by atoms with van der Waals surface area (Å²) in [6.07, 6.45) is 3.31. The summed E-state index contributed by atoms with van der Waals surface area (Å²) in [5, 5.41) is 11.4. The smallest absolute Gasteiger partial charge is 0.295 e. The number of aromatic nitrogens is 1. The molecule has 1 saturated heterocycles. The summed E-state index contributed by atoms with van der Waals surface area (Å²) < 4.78 is 11.5. The normalized spacial score (nSPS) is 16.2. The Morgan fingerprint density at radius 3 is 2.27 bits per heavy atom. The molecule has 5 rings (SSSR count). The Balaban J connectivity index is 1.47. The monoisotopic (exact) mass is 534 g/mol. The van der Waals surface area contributed by atoms with Crippen LogP contribution in [0.25, 0.3) is 5.76 Å². The van der Waals surface area contributed by atoms with Gasteiger partial charge in [-0.2, -0.15) is 0 Å². The van der Waals surface area contributed by atoms with Gasteiger partial charge in [-0.15, -0.1) is 0 Å². The van der Waals surface area contributed by atoms with E-state index in [2.05, 4.69) is 4.98 Å². The van der Waals surface area contributed by atoms with Crippen LogP contribution < -0.4 is 9.47 Å².